The van der Waals surface area contributed by atoms with Crippen LogP contribution in [0.15, 0.2) is 44.2 Å². The minimum atomic E-state index is -0.567. The van der Waals surface area contributed by atoms with E-state index in [0.29, 0.717) is 26.8 Å². The molecule has 3 rings (SSSR count). The highest BCUT2D eigenvalue weighted by atomic mass is 79.9. The van der Waals surface area contributed by atoms with Gasteiger partial charge in [0.05, 0.1) is 16.0 Å². The number of hydrogen-bond donors (Lipinski definition) is 2. The smallest absolute Gasteiger partial charge is 0.294 e. The second-order valence-corrected chi connectivity index (χ2v) is 9.13. The third kappa shape index (κ3) is 5.31. The molecular weight excluding hydrogens is 552 g/mol. The van der Waals surface area contributed by atoms with Crippen LogP contribution in [0.5, 0.6) is 11.5 Å². The average molecular weight is 570 g/mol. The maximum absolute atomic E-state index is 12.8. The van der Waals surface area contributed by atoms with Gasteiger partial charge in [0.25, 0.3) is 11.1 Å². The van der Waals surface area contributed by atoms with E-state index in [-0.39, 0.29) is 22.9 Å². The highest BCUT2D eigenvalue weighted by Gasteiger charge is 2.36. The Balaban J connectivity index is 1.79. The lowest BCUT2D eigenvalue weighted by atomic mass is 10.2. The van der Waals surface area contributed by atoms with Gasteiger partial charge in [0.1, 0.15) is 6.54 Å². The number of amides is 3. The van der Waals surface area contributed by atoms with Crippen LogP contribution in [0.3, 0.4) is 0 Å². The number of nitrogens with one attached hydrogen (secondary N) is 1. The monoisotopic (exact) mass is 568 g/mol. The van der Waals surface area contributed by atoms with Gasteiger partial charge < -0.3 is 15.2 Å². The van der Waals surface area contributed by atoms with Gasteiger partial charge in [0.15, 0.2) is 11.5 Å². The molecule has 162 valence electrons. The van der Waals surface area contributed by atoms with E-state index in [2.05, 4.69) is 37.2 Å². The molecule has 3 amide bonds. The summed E-state index contributed by atoms with van der Waals surface area (Å²) in [5.41, 5.74) is 2.16. The molecule has 1 saturated heterocycles. The van der Waals surface area contributed by atoms with Gasteiger partial charge in [-0.3, -0.25) is 19.3 Å². The van der Waals surface area contributed by atoms with Crippen molar-refractivity contribution in [2.24, 2.45) is 0 Å². The molecule has 2 aromatic carbocycles. The quantitative estimate of drug-likeness (QED) is 0.458. The van der Waals surface area contributed by atoms with Gasteiger partial charge in [-0.15, -0.1) is 0 Å². The highest BCUT2D eigenvalue weighted by Crippen LogP contribution is 2.43. The lowest BCUT2D eigenvalue weighted by molar-refractivity contribution is -0.127. The van der Waals surface area contributed by atoms with Crippen molar-refractivity contribution in [2.45, 2.75) is 13.8 Å². The van der Waals surface area contributed by atoms with Crippen LogP contribution in [0.4, 0.5) is 10.5 Å². The first-order valence-corrected chi connectivity index (χ1v) is 11.6. The SMILES string of the molecule is CCOc1cc(/C=C2/SC(=O)N(CC(=O)Nc3ccc(C)cc3)C2=O)c(Br)c(Br)c1O. The first-order valence-electron chi connectivity index (χ1n) is 9.17. The topological polar surface area (TPSA) is 95.9 Å². The fourth-order valence-electron chi connectivity index (χ4n) is 2.74. The number of anilines is 1. The minimum absolute atomic E-state index is 0.0771. The largest absolute Gasteiger partial charge is 0.503 e. The Hall–Kier alpha value is -2.30. The van der Waals surface area contributed by atoms with E-state index >= 15 is 0 Å². The molecule has 0 radical (unpaired) electrons. The number of benzene rings is 2. The molecule has 0 unspecified atom stereocenters. The van der Waals surface area contributed by atoms with Crippen LogP contribution in [0.25, 0.3) is 6.08 Å². The average Bonchev–Trinajstić information content (AvgIpc) is 2.99. The number of nitrogens with zero attached hydrogens (tertiary/aromatic N) is 1. The number of imide groups is 1. The zero-order chi connectivity index (χ0) is 22.7. The summed E-state index contributed by atoms with van der Waals surface area (Å²) < 4.78 is 6.27. The minimum Gasteiger partial charge on any atom is -0.503 e. The van der Waals surface area contributed by atoms with Gasteiger partial charge >= 0.3 is 0 Å². The summed E-state index contributed by atoms with van der Waals surface area (Å²) >= 11 is 7.39. The van der Waals surface area contributed by atoms with Crippen LogP contribution in [-0.2, 0) is 9.59 Å². The number of carbonyl (C=O) groups is 3. The zero-order valence-corrected chi connectivity index (χ0v) is 20.6. The number of hydrogen-bond acceptors (Lipinski definition) is 6. The van der Waals surface area contributed by atoms with Crippen molar-refractivity contribution in [2.75, 3.05) is 18.5 Å². The second-order valence-electron chi connectivity index (χ2n) is 6.56. The predicted octanol–water partition coefficient (Wildman–Crippen LogP) is 5.30. The molecule has 7 nitrogen and oxygen atoms in total. The first kappa shape index (κ1) is 23.4. The molecule has 0 spiro atoms. The van der Waals surface area contributed by atoms with Crippen LogP contribution < -0.4 is 10.1 Å². The van der Waals surface area contributed by atoms with Crippen molar-refractivity contribution in [3.05, 3.63) is 55.3 Å². The molecule has 0 aliphatic carbocycles. The molecule has 0 atom stereocenters. The fraction of sp³-hybridized carbons (Fsp3) is 0.190. The Bertz CT molecular complexity index is 1090. The molecule has 2 aromatic rings. The highest BCUT2D eigenvalue weighted by molar-refractivity contribution is 9.13. The number of aryl methyl sites for hydroxylation is 1. The Labute approximate surface area is 200 Å². The van der Waals surface area contributed by atoms with Gasteiger partial charge in [0.2, 0.25) is 5.91 Å². The number of rotatable bonds is 6. The van der Waals surface area contributed by atoms with Crippen molar-refractivity contribution in [1.82, 2.24) is 4.90 Å². The van der Waals surface area contributed by atoms with Gasteiger partial charge in [-0.05, 0) is 87.3 Å². The maximum atomic E-state index is 12.8. The van der Waals surface area contributed by atoms with E-state index in [0.717, 1.165) is 22.2 Å². The van der Waals surface area contributed by atoms with Crippen LogP contribution in [-0.4, -0.2) is 40.2 Å². The van der Waals surface area contributed by atoms with Gasteiger partial charge in [-0.2, -0.15) is 0 Å². The van der Waals surface area contributed by atoms with E-state index < -0.39 is 17.1 Å². The molecule has 1 aliphatic heterocycles. The molecule has 31 heavy (non-hydrogen) atoms. The normalized spacial score (nSPS) is 15.0. The Kier molecular flexibility index (Phi) is 7.45. The molecule has 0 saturated carbocycles. The van der Waals surface area contributed by atoms with Crippen molar-refractivity contribution < 1.29 is 24.2 Å². The molecule has 1 aliphatic rings. The Morgan fingerprint density at radius 2 is 1.90 bits per heavy atom. The van der Waals surface area contributed by atoms with E-state index in [1.54, 1.807) is 25.1 Å². The summed E-state index contributed by atoms with van der Waals surface area (Å²) in [5, 5.41) is 12.3. The first-order chi connectivity index (χ1) is 14.7. The predicted molar refractivity (Wildman–Crippen MR) is 127 cm³/mol. The summed E-state index contributed by atoms with van der Waals surface area (Å²) in [5.74, 6) is -0.880. The van der Waals surface area contributed by atoms with Crippen LogP contribution in [0.2, 0.25) is 0 Å². The molecule has 1 heterocycles. The standard InChI is InChI=1S/C21H18Br2N2O5S/c1-3-30-14-8-12(17(22)18(23)19(14)27)9-15-20(28)25(21(29)31-15)10-16(26)24-13-6-4-11(2)5-7-13/h4-9,27H,3,10H2,1-2H3,(H,24,26)/b15-9+. The van der Waals surface area contributed by atoms with Crippen molar-refractivity contribution in [3.63, 3.8) is 0 Å². The van der Waals surface area contributed by atoms with Crippen molar-refractivity contribution in [1.29, 1.82) is 0 Å². The molecule has 2 N–H and O–H groups in total. The number of phenolic OH excluding ortho intramolecular Hbond substituents is 1. The van der Waals surface area contributed by atoms with E-state index in [9.17, 15) is 19.5 Å². The van der Waals surface area contributed by atoms with E-state index in [1.807, 2.05) is 19.1 Å². The Morgan fingerprint density at radius 3 is 2.55 bits per heavy atom. The van der Waals surface area contributed by atoms with Gasteiger partial charge in [0, 0.05) is 10.2 Å². The number of carbonyl (C=O) groups excluding carboxylic acids is 3. The number of phenols is 1. The number of aromatic hydroxyl groups is 1. The molecule has 1 fully saturated rings. The lowest BCUT2D eigenvalue weighted by Crippen LogP contribution is -2.36. The number of ether oxygens (including phenoxy) is 1. The Morgan fingerprint density at radius 1 is 1.23 bits per heavy atom. The van der Waals surface area contributed by atoms with Crippen molar-refractivity contribution in [3.8, 4) is 11.5 Å². The van der Waals surface area contributed by atoms with Crippen LogP contribution >= 0.6 is 43.6 Å². The summed E-state index contributed by atoms with van der Waals surface area (Å²) in [6.45, 7) is 3.66. The fourth-order valence-corrected chi connectivity index (χ4v) is 4.41. The van der Waals surface area contributed by atoms with Crippen molar-refractivity contribution >= 4 is 72.4 Å². The summed E-state index contributed by atoms with van der Waals surface area (Å²) in [6.07, 6.45) is 1.51. The molecule has 0 aromatic heterocycles. The zero-order valence-electron chi connectivity index (χ0n) is 16.6. The molecule has 0 bridgehead atoms. The summed E-state index contributed by atoms with van der Waals surface area (Å²) in [7, 11) is 0. The molecule has 10 heteroatoms. The third-order valence-corrected chi connectivity index (χ3v) is 7.34. The molecular formula is C21H18Br2N2O5S. The lowest BCUT2D eigenvalue weighted by Gasteiger charge is -2.13. The van der Waals surface area contributed by atoms with Crippen LogP contribution in [0.1, 0.15) is 18.1 Å². The van der Waals surface area contributed by atoms with Crippen LogP contribution in [0, 0.1) is 6.92 Å². The second kappa shape index (κ2) is 9.88. The number of halogens is 2. The number of thioether (sulfide) groups is 1. The summed E-state index contributed by atoms with van der Waals surface area (Å²) in [6, 6.07) is 8.76. The maximum Gasteiger partial charge on any atom is 0.294 e. The van der Waals surface area contributed by atoms with Gasteiger partial charge in [-0.25, -0.2) is 0 Å². The summed E-state index contributed by atoms with van der Waals surface area (Å²) in [4.78, 5) is 38.5. The van der Waals surface area contributed by atoms with Gasteiger partial charge in [-0.1, -0.05) is 17.7 Å². The van der Waals surface area contributed by atoms with E-state index in [4.69, 9.17) is 4.74 Å². The van der Waals surface area contributed by atoms with E-state index in [1.165, 1.54) is 6.08 Å². The third-order valence-electron chi connectivity index (χ3n) is 4.27.